The van der Waals surface area contributed by atoms with E-state index >= 15 is 0 Å². The molecule has 0 aliphatic carbocycles. The predicted molar refractivity (Wildman–Crippen MR) is 72.0 cm³/mol. The Morgan fingerprint density at radius 2 is 1.94 bits per heavy atom. The molecule has 0 saturated heterocycles. The van der Waals surface area contributed by atoms with Gasteiger partial charge in [0.1, 0.15) is 0 Å². The van der Waals surface area contributed by atoms with Gasteiger partial charge in [0, 0.05) is 13.2 Å². The van der Waals surface area contributed by atoms with Crippen LogP contribution in [0.3, 0.4) is 0 Å². The average Bonchev–Trinajstić information content (AvgIpc) is 2.28. The van der Waals surface area contributed by atoms with Crippen LogP contribution in [0.5, 0.6) is 0 Å². The number of benzene rings is 1. The van der Waals surface area contributed by atoms with Crippen LogP contribution in [-0.2, 0) is 15.4 Å². The van der Waals surface area contributed by atoms with Crippen LogP contribution >= 0.6 is 0 Å². The van der Waals surface area contributed by atoms with Crippen molar-refractivity contribution in [2.45, 2.75) is 37.5 Å². The number of rotatable bonds is 5. The van der Waals surface area contributed by atoms with Gasteiger partial charge in [-0.1, -0.05) is 32.9 Å². The van der Waals surface area contributed by atoms with E-state index < -0.39 is 10.0 Å². The zero-order chi connectivity index (χ0) is 13.8. The number of aliphatic hydroxyl groups excluding tert-OH is 1. The maximum Gasteiger partial charge on any atom is 0.240 e. The molecule has 0 fully saturated rings. The van der Waals surface area contributed by atoms with Gasteiger partial charge >= 0.3 is 0 Å². The lowest BCUT2D eigenvalue weighted by Crippen LogP contribution is -2.25. The molecule has 2 N–H and O–H groups in total. The maximum atomic E-state index is 12.0. The van der Waals surface area contributed by atoms with E-state index in [1.807, 2.05) is 26.8 Å². The van der Waals surface area contributed by atoms with Gasteiger partial charge in [0.25, 0.3) is 0 Å². The molecule has 4 nitrogen and oxygen atoms in total. The molecule has 0 unspecified atom stereocenters. The highest BCUT2D eigenvalue weighted by molar-refractivity contribution is 7.89. The van der Waals surface area contributed by atoms with E-state index in [-0.39, 0.29) is 23.5 Å². The van der Waals surface area contributed by atoms with Crippen LogP contribution in [0, 0.1) is 0 Å². The molecule has 0 amide bonds. The highest BCUT2D eigenvalue weighted by atomic mass is 32.2. The van der Waals surface area contributed by atoms with Gasteiger partial charge in [0.2, 0.25) is 10.0 Å². The Balaban J connectivity index is 2.96. The van der Waals surface area contributed by atoms with Crippen LogP contribution in [0.4, 0.5) is 0 Å². The van der Waals surface area contributed by atoms with Crippen LogP contribution in [0.2, 0.25) is 0 Å². The first-order valence-corrected chi connectivity index (χ1v) is 7.47. The summed E-state index contributed by atoms with van der Waals surface area (Å²) in [5.41, 5.74) is 0.893. The van der Waals surface area contributed by atoms with Crippen LogP contribution in [0.15, 0.2) is 29.2 Å². The van der Waals surface area contributed by atoms with Gasteiger partial charge in [-0.05, 0) is 29.5 Å². The fourth-order valence-corrected chi connectivity index (χ4v) is 2.62. The number of hydrogen-bond acceptors (Lipinski definition) is 3. The SMILES string of the molecule is CC(C)(C)c1cccc(S(=O)(=O)NCCCO)c1. The lowest BCUT2D eigenvalue weighted by atomic mass is 9.87. The van der Waals surface area contributed by atoms with E-state index in [1.54, 1.807) is 18.2 Å². The molecular formula is C13H21NO3S. The van der Waals surface area contributed by atoms with Crippen molar-refractivity contribution < 1.29 is 13.5 Å². The number of aliphatic hydroxyl groups is 1. The quantitative estimate of drug-likeness (QED) is 0.800. The van der Waals surface area contributed by atoms with E-state index in [1.165, 1.54) is 0 Å². The summed E-state index contributed by atoms with van der Waals surface area (Å²) in [6.45, 7) is 6.34. The number of nitrogens with one attached hydrogen (secondary N) is 1. The molecule has 0 aromatic heterocycles. The molecular weight excluding hydrogens is 250 g/mol. The molecule has 1 aromatic rings. The van der Waals surface area contributed by atoms with Crippen LogP contribution < -0.4 is 4.72 Å². The zero-order valence-electron chi connectivity index (χ0n) is 11.1. The topological polar surface area (TPSA) is 66.4 Å². The van der Waals surface area contributed by atoms with Crippen LogP contribution in [0.1, 0.15) is 32.8 Å². The third kappa shape index (κ3) is 4.08. The lowest BCUT2D eigenvalue weighted by Gasteiger charge is -2.19. The summed E-state index contributed by atoms with van der Waals surface area (Å²) >= 11 is 0. The Labute approximate surface area is 109 Å². The summed E-state index contributed by atoms with van der Waals surface area (Å²) in [5, 5.41) is 8.65. The molecule has 0 aliphatic heterocycles. The third-order valence-electron chi connectivity index (χ3n) is 2.64. The maximum absolute atomic E-state index is 12.0. The summed E-state index contributed by atoms with van der Waals surface area (Å²) in [5.74, 6) is 0. The van der Waals surface area contributed by atoms with Crippen molar-refractivity contribution in [3.8, 4) is 0 Å². The molecule has 0 heterocycles. The lowest BCUT2D eigenvalue weighted by molar-refractivity contribution is 0.289. The molecule has 18 heavy (non-hydrogen) atoms. The number of sulfonamides is 1. The van der Waals surface area contributed by atoms with Crippen molar-refractivity contribution in [3.05, 3.63) is 29.8 Å². The smallest absolute Gasteiger partial charge is 0.240 e. The van der Waals surface area contributed by atoms with E-state index in [9.17, 15) is 8.42 Å². The second-order valence-corrected chi connectivity index (χ2v) is 7.02. The molecule has 5 heteroatoms. The van der Waals surface area contributed by atoms with Gasteiger partial charge in [-0.15, -0.1) is 0 Å². The standard InChI is InChI=1S/C13H21NO3S/c1-13(2,3)11-6-4-7-12(10-11)18(16,17)14-8-5-9-15/h4,6-7,10,14-15H,5,8-9H2,1-3H3. The monoisotopic (exact) mass is 271 g/mol. The summed E-state index contributed by atoms with van der Waals surface area (Å²) in [7, 11) is -3.48. The predicted octanol–water partition coefficient (Wildman–Crippen LogP) is 1.64. The second-order valence-electron chi connectivity index (χ2n) is 5.25. The molecule has 0 radical (unpaired) electrons. The van der Waals surface area contributed by atoms with E-state index in [2.05, 4.69) is 4.72 Å². The van der Waals surface area contributed by atoms with Crippen molar-refractivity contribution in [2.75, 3.05) is 13.2 Å². The molecule has 1 aromatic carbocycles. The molecule has 1 rings (SSSR count). The first-order chi connectivity index (χ1) is 8.27. The van der Waals surface area contributed by atoms with Gasteiger partial charge in [0.05, 0.1) is 4.90 Å². The fraction of sp³-hybridized carbons (Fsp3) is 0.538. The zero-order valence-corrected chi connectivity index (χ0v) is 11.9. The van der Waals surface area contributed by atoms with Gasteiger partial charge < -0.3 is 5.11 Å². The van der Waals surface area contributed by atoms with Gasteiger partial charge in [0.15, 0.2) is 0 Å². The highest BCUT2D eigenvalue weighted by Gasteiger charge is 2.18. The summed E-state index contributed by atoms with van der Waals surface area (Å²) in [4.78, 5) is 0.271. The summed E-state index contributed by atoms with van der Waals surface area (Å²) < 4.78 is 26.5. The van der Waals surface area contributed by atoms with Crippen LogP contribution in [-0.4, -0.2) is 26.7 Å². The molecule has 0 atom stereocenters. The Morgan fingerprint density at radius 1 is 1.28 bits per heavy atom. The largest absolute Gasteiger partial charge is 0.396 e. The number of hydrogen-bond donors (Lipinski definition) is 2. The summed E-state index contributed by atoms with van der Waals surface area (Å²) in [6, 6.07) is 6.95. The Morgan fingerprint density at radius 3 is 2.50 bits per heavy atom. The average molecular weight is 271 g/mol. The molecule has 0 bridgehead atoms. The minimum Gasteiger partial charge on any atom is -0.396 e. The summed E-state index contributed by atoms with van der Waals surface area (Å²) in [6.07, 6.45) is 0.415. The Hall–Kier alpha value is -0.910. The Kier molecular flexibility index (Phi) is 4.90. The van der Waals surface area contributed by atoms with Gasteiger partial charge in [-0.3, -0.25) is 0 Å². The highest BCUT2D eigenvalue weighted by Crippen LogP contribution is 2.24. The Bertz CT molecular complexity index is 489. The first kappa shape index (κ1) is 15.1. The second kappa shape index (κ2) is 5.82. The normalized spacial score (nSPS) is 12.7. The van der Waals surface area contributed by atoms with E-state index in [0.29, 0.717) is 6.42 Å². The molecule has 0 saturated carbocycles. The van der Waals surface area contributed by atoms with E-state index in [4.69, 9.17) is 5.11 Å². The van der Waals surface area contributed by atoms with Crippen molar-refractivity contribution >= 4 is 10.0 Å². The van der Waals surface area contributed by atoms with Crippen LogP contribution in [0.25, 0.3) is 0 Å². The van der Waals surface area contributed by atoms with E-state index in [0.717, 1.165) is 5.56 Å². The molecule has 0 spiro atoms. The van der Waals surface area contributed by atoms with Crippen molar-refractivity contribution in [2.24, 2.45) is 0 Å². The van der Waals surface area contributed by atoms with Gasteiger partial charge in [-0.25, -0.2) is 13.1 Å². The third-order valence-corrected chi connectivity index (χ3v) is 4.10. The van der Waals surface area contributed by atoms with Crippen molar-refractivity contribution in [3.63, 3.8) is 0 Å². The first-order valence-electron chi connectivity index (χ1n) is 5.98. The minimum atomic E-state index is -3.48. The molecule has 0 aliphatic rings. The van der Waals surface area contributed by atoms with Gasteiger partial charge in [-0.2, -0.15) is 0 Å². The minimum absolute atomic E-state index is 0.0233. The van der Waals surface area contributed by atoms with Crippen molar-refractivity contribution in [1.82, 2.24) is 4.72 Å². The fourth-order valence-electron chi connectivity index (χ4n) is 1.50. The molecule has 102 valence electrons. The van der Waals surface area contributed by atoms with Crippen molar-refractivity contribution in [1.29, 1.82) is 0 Å².